The molecule has 3 heteroatoms. The smallest absolute Gasteiger partial charge is 0.0417 e. The van der Waals surface area contributed by atoms with Crippen LogP contribution >= 0.6 is 23.4 Å². The summed E-state index contributed by atoms with van der Waals surface area (Å²) < 4.78 is 0. The second-order valence-corrected chi connectivity index (χ2v) is 6.19. The molecular weight excluding hydrogens is 274 g/mol. The number of nitrogens with two attached hydrogens (primary N) is 1. The first-order chi connectivity index (χ1) is 9.08. The van der Waals surface area contributed by atoms with Gasteiger partial charge in [0.05, 0.1) is 0 Å². The molecule has 0 aliphatic heterocycles. The largest absolute Gasteiger partial charge is 0.323 e. The summed E-state index contributed by atoms with van der Waals surface area (Å²) in [6.07, 6.45) is 0. The van der Waals surface area contributed by atoms with Gasteiger partial charge in [-0.15, -0.1) is 11.8 Å². The van der Waals surface area contributed by atoms with Gasteiger partial charge in [-0.25, -0.2) is 0 Å². The molecule has 0 radical (unpaired) electrons. The lowest BCUT2D eigenvalue weighted by Gasteiger charge is -2.16. The molecule has 0 spiro atoms. The Morgan fingerprint density at radius 1 is 1.16 bits per heavy atom. The Morgan fingerprint density at radius 2 is 1.89 bits per heavy atom. The highest BCUT2D eigenvalue weighted by Crippen LogP contribution is 2.27. The van der Waals surface area contributed by atoms with Gasteiger partial charge in [-0.05, 0) is 48.7 Å². The van der Waals surface area contributed by atoms with E-state index in [0.717, 1.165) is 15.7 Å². The van der Waals surface area contributed by atoms with Crippen molar-refractivity contribution in [2.45, 2.75) is 24.8 Å². The highest BCUT2D eigenvalue weighted by molar-refractivity contribution is 7.99. The zero-order chi connectivity index (χ0) is 13.8. The van der Waals surface area contributed by atoms with Crippen molar-refractivity contribution >= 4 is 23.4 Å². The fourth-order valence-electron chi connectivity index (χ4n) is 2.01. The summed E-state index contributed by atoms with van der Waals surface area (Å²) in [6, 6.07) is 14.2. The summed E-state index contributed by atoms with van der Waals surface area (Å²) in [5.74, 6) is 0.852. The lowest BCUT2D eigenvalue weighted by Crippen LogP contribution is -2.14. The van der Waals surface area contributed by atoms with E-state index in [4.69, 9.17) is 17.3 Å². The summed E-state index contributed by atoms with van der Waals surface area (Å²) in [5.41, 5.74) is 10.1. The average Bonchev–Trinajstić information content (AvgIpc) is 2.39. The van der Waals surface area contributed by atoms with Crippen LogP contribution in [0.3, 0.4) is 0 Å². The number of hydrogen-bond donors (Lipinski definition) is 1. The molecule has 0 saturated heterocycles. The zero-order valence-corrected chi connectivity index (χ0v) is 12.8. The molecule has 0 amide bonds. The van der Waals surface area contributed by atoms with Crippen LogP contribution in [-0.4, -0.2) is 5.75 Å². The second-order valence-electron chi connectivity index (χ2n) is 4.66. The summed E-state index contributed by atoms with van der Waals surface area (Å²) in [7, 11) is 0. The van der Waals surface area contributed by atoms with Crippen LogP contribution in [0.1, 0.15) is 22.7 Å². The van der Waals surface area contributed by atoms with Crippen molar-refractivity contribution in [1.29, 1.82) is 0 Å². The van der Waals surface area contributed by atoms with Crippen LogP contribution in [0.2, 0.25) is 5.02 Å². The standard InChI is InChI=1S/C16H18ClNS/c1-11-5-3-8-15(12(11)2)16(18)10-19-14-7-4-6-13(17)9-14/h3-9,16H,10,18H2,1-2H3. The van der Waals surface area contributed by atoms with Gasteiger partial charge < -0.3 is 5.73 Å². The van der Waals surface area contributed by atoms with E-state index in [1.54, 1.807) is 11.8 Å². The van der Waals surface area contributed by atoms with E-state index in [-0.39, 0.29) is 6.04 Å². The van der Waals surface area contributed by atoms with Crippen molar-refractivity contribution in [3.8, 4) is 0 Å². The van der Waals surface area contributed by atoms with E-state index in [1.165, 1.54) is 16.7 Å². The van der Waals surface area contributed by atoms with Gasteiger partial charge >= 0.3 is 0 Å². The number of rotatable bonds is 4. The molecule has 19 heavy (non-hydrogen) atoms. The molecule has 0 bridgehead atoms. The first-order valence-electron chi connectivity index (χ1n) is 6.28. The minimum absolute atomic E-state index is 0.0453. The van der Waals surface area contributed by atoms with E-state index >= 15 is 0 Å². The van der Waals surface area contributed by atoms with Crippen LogP contribution in [-0.2, 0) is 0 Å². The van der Waals surface area contributed by atoms with E-state index in [2.05, 4.69) is 38.1 Å². The lowest BCUT2D eigenvalue weighted by atomic mass is 9.99. The second kappa shape index (κ2) is 6.47. The van der Waals surface area contributed by atoms with Gasteiger partial charge in [-0.3, -0.25) is 0 Å². The maximum absolute atomic E-state index is 6.30. The highest BCUT2D eigenvalue weighted by atomic mass is 35.5. The van der Waals surface area contributed by atoms with Crippen molar-refractivity contribution in [3.63, 3.8) is 0 Å². The summed E-state index contributed by atoms with van der Waals surface area (Å²) in [5, 5.41) is 0.769. The molecule has 2 N–H and O–H groups in total. The quantitative estimate of drug-likeness (QED) is 0.823. The van der Waals surface area contributed by atoms with Crippen LogP contribution < -0.4 is 5.73 Å². The minimum atomic E-state index is 0.0453. The third-order valence-electron chi connectivity index (χ3n) is 3.27. The van der Waals surface area contributed by atoms with Crippen molar-refractivity contribution < 1.29 is 0 Å². The van der Waals surface area contributed by atoms with Gasteiger partial charge in [0, 0.05) is 21.7 Å². The Morgan fingerprint density at radius 3 is 2.63 bits per heavy atom. The third-order valence-corrected chi connectivity index (χ3v) is 4.62. The fourth-order valence-corrected chi connectivity index (χ4v) is 3.20. The van der Waals surface area contributed by atoms with Crippen LogP contribution in [0.4, 0.5) is 0 Å². The maximum Gasteiger partial charge on any atom is 0.0417 e. The maximum atomic E-state index is 6.30. The molecule has 0 aliphatic rings. The summed E-state index contributed by atoms with van der Waals surface area (Å²) in [4.78, 5) is 1.16. The normalized spacial score (nSPS) is 12.4. The van der Waals surface area contributed by atoms with Crippen LogP contribution in [0, 0.1) is 13.8 Å². The number of benzene rings is 2. The molecule has 0 aromatic heterocycles. The van der Waals surface area contributed by atoms with Crippen molar-refractivity contribution in [2.75, 3.05) is 5.75 Å². The monoisotopic (exact) mass is 291 g/mol. The molecule has 2 rings (SSSR count). The number of hydrogen-bond acceptors (Lipinski definition) is 2. The van der Waals surface area contributed by atoms with Crippen LogP contribution in [0.5, 0.6) is 0 Å². The van der Waals surface area contributed by atoms with Gasteiger partial charge in [0.2, 0.25) is 0 Å². The average molecular weight is 292 g/mol. The Kier molecular flexibility index (Phi) is 4.92. The van der Waals surface area contributed by atoms with Crippen molar-refractivity contribution in [2.24, 2.45) is 5.73 Å². The SMILES string of the molecule is Cc1cccc(C(N)CSc2cccc(Cl)c2)c1C. The van der Waals surface area contributed by atoms with E-state index < -0.39 is 0 Å². The Labute approximate surface area is 124 Å². The Bertz CT molecular complexity index is 568. The topological polar surface area (TPSA) is 26.0 Å². The molecule has 2 aromatic carbocycles. The number of aryl methyl sites for hydroxylation is 1. The van der Waals surface area contributed by atoms with Crippen molar-refractivity contribution in [1.82, 2.24) is 0 Å². The molecule has 0 heterocycles. The highest BCUT2D eigenvalue weighted by Gasteiger charge is 2.10. The molecule has 1 unspecified atom stereocenters. The molecule has 2 aromatic rings. The fraction of sp³-hybridized carbons (Fsp3) is 0.250. The Balaban J connectivity index is 2.05. The minimum Gasteiger partial charge on any atom is -0.323 e. The van der Waals surface area contributed by atoms with Gasteiger partial charge in [0.1, 0.15) is 0 Å². The molecular formula is C16H18ClNS. The molecule has 1 nitrogen and oxygen atoms in total. The predicted octanol–water partition coefficient (Wildman–Crippen LogP) is 4.75. The molecule has 0 saturated carbocycles. The van der Waals surface area contributed by atoms with E-state index in [0.29, 0.717) is 0 Å². The number of thioether (sulfide) groups is 1. The summed E-state index contributed by atoms with van der Waals surface area (Å²) >= 11 is 7.72. The van der Waals surface area contributed by atoms with E-state index in [1.807, 2.05) is 18.2 Å². The zero-order valence-electron chi connectivity index (χ0n) is 11.2. The predicted molar refractivity (Wildman–Crippen MR) is 85.0 cm³/mol. The van der Waals surface area contributed by atoms with Gasteiger partial charge in [-0.2, -0.15) is 0 Å². The first-order valence-corrected chi connectivity index (χ1v) is 7.64. The molecule has 0 aliphatic carbocycles. The van der Waals surface area contributed by atoms with Crippen LogP contribution in [0.15, 0.2) is 47.4 Å². The van der Waals surface area contributed by atoms with Gasteiger partial charge in [0.25, 0.3) is 0 Å². The molecule has 100 valence electrons. The van der Waals surface area contributed by atoms with Crippen LogP contribution in [0.25, 0.3) is 0 Å². The Hall–Kier alpha value is -0.960. The van der Waals surface area contributed by atoms with Gasteiger partial charge in [-0.1, -0.05) is 35.9 Å². The molecule has 0 fully saturated rings. The van der Waals surface area contributed by atoms with Gasteiger partial charge in [0.15, 0.2) is 0 Å². The van der Waals surface area contributed by atoms with Crippen molar-refractivity contribution in [3.05, 3.63) is 64.2 Å². The van der Waals surface area contributed by atoms with E-state index in [9.17, 15) is 0 Å². The lowest BCUT2D eigenvalue weighted by molar-refractivity contribution is 0.820. The first kappa shape index (κ1) is 14.4. The molecule has 1 atom stereocenters. The summed E-state index contributed by atoms with van der Waals surface area (Å²) in [6.45, 7) is 4.25. The third kappa shape index (κ3) is 3.75. The number of halogens is 1.